The number of nitrogens with one attached hydrogen (secondary N) is 1. The summed E-state index contributed by atoms with van der Waals surface area (Å²) in [5.74, 6) is 0. The highest BCUT2D eigenvalue weighted by molar-refractivity contribution is 5.88. The zero-order chi connectivity index (χ0) is 11.8. The molecule has 0 bridgehead atoms. The quantitative estimate of drug-likeness (QED) is 0.555. The summed E-state index contributed by atoms with van der Waals surface area (Å²) in [7, 11) is 0. The summed E-state index contributed by atoms with van der Waals surface area (Å²) in [4.78, 5) is 7.39. The van der Waals surface area contributed by atoms with Gasteiger partial charge in [-0.3, -0.25) is 0 Å². The van der Waals surface area contributed by atoms with Crippen LogP contribution >= 0.6 is 0 Å². The minimum Gasteiger partial charge on any atom is -0.397 e. The monoisotopic (exact) mass is 224 g/mol. The van der Waals surface area contributed by atoms with Gasteiger partial charge in [-0.15, -0.1) is 0 Å². The number of aromatic amines is 1. The van der Waals surface area contributed by atoms with Gasteiger partial charge in [0.1, 0.15) is 5.65 Å². The Morgan fingerprint density at radius 3 is 2.88 bits per heavy atom. The summed E-state index contributed by atoms with van der Waals surface area (Å²) in [5, 5.41) is 1.06. The summed E-state index contributed by atoms with van der Waals surface area (Å²) in [5.41, 5.74) is 15.7. The number of rotatable bonds is 1. The molecule has 0 aliphatic rings. The Morgan fingerprint density at radius 1 is 1.12 bits per heavy atom. The Bertz CT molecular complexity index is 685. The van der Waals surface area contributed by atoms with Crippen LogP contribution in [0.25, 0.3) is 22.2 Å². The SMILES string of the molecule is Nc1cccc(-c2cnc3[nH]ccc3c2)c1N. The van der Waals surface area contributed by atoms with E-state index >= 15 is 0 Å². The molecular weight excluding hydrogens is 212 g/mol. The fourth-order valence-electron chi connectivity index (χ4n) is 1.92. The minimum absolute atomic E-state index is 0.594. The molecule has 5 N–H and O–H groups in total. The summed E-state index contributed by atoms with van der Waals surface area (Å²) in [6.07, 6.45) is 3.66. The van der Waals surface area contributed by atoms with Gasteiger partial charge < -0.3 is 16.5 Å². The maximum Gasteiger partial charge on any atom is 0.137 e. The lowest BCUT2D eigenvalue weighted by atomic mass is 10.0. The molecule has 2 aromatic heterocycles. The largest absolute Gasteiger partial charge is 0.397 e. The second kappa shape index (κ2) is 3.52. The number of hydrogen-bond donors (Lipinski definition) is 3. The number of nitrogens with zero attached hydrogens (tertiary/aromatic N) is 1. The molecule has 3 aromatic rings. The van der Waals surface area contributed by atoms with Crippen LogP contribution < -0.4 is 11.5 Å². The zero-order valence-electron chi connectivity index (χ0n) is 9.14. The van der Waals surface area contributed by atoms with Gasteiger partial charge >= 0.3 is 0 Å². The average molecular weight is 224 g/mol. The van der Waals surface area contributed by atoms with Crippen LogP contribution in [0.2, 0.25) is 0 Å². The Morgan fingerprint density at radius 2 is 2.00 bits per heavy atom. The summed E-state index contributed by atoms with van der Waals surface area (Å²) >= 11 is 0. The molecule has 0 unspecified atom stereocenters. The molecule has 0 atom stereocenters. The van der Waals surface area contributed by atoms with Crippen LogP contribution in [0.15, 0.2) is 42.7 Å². The summed E-state index contributed by atoms with van der Waals surface area (Å²) in [6, 6.07) is 9.66. The lowest BCUT2D eigenvalue weighted by molar-refractivity contribution is 1.33. The highest BCUT2D eigenvalue weighted by Gasteiger charge is 2.06. The van der Waals surface area contributed by atoms with Gasteiger partial charge in [0.05, 0.1) is 11.4 Å². The molecular formula is C13H12N4. The molecule has 2 heterocycles. The molecule has 1 aromatic carbocycles. The van der Waals surface area contributed by atoms with Crippen LogP contribution in [-0.2, 0) is 0 Å². The van der Waals surface area contributed by atoms with Gasteiger partial charge in [-0.1, -0.05) is 12.1 Å². The first-order valence-corrected chi connectivity index (χ1v) is 5.33. The third kappa shape index (κ3) is 1.50. The highest BCUT2D eigenvalue weighted by Crippen LogP contribution is 2.30. The smallest absolute Gasteiger partial charge is 0.137 e. The average Bonchev–Trinajstić information content (AvgIpc) is 2.79. The first-order valence-electron chi connectivity index (χ1n) is 5.33. The fourth-order valence-corrected chi connectivity index (χ4v) is 1.92. The van der Waals surface area contributed by atoms with E-state index in [9.17, 15) is 0 Å². The number of para-hydroxylation sites is 1. The van der Waals surface area contributed by atoms with Crippen molar-refractivity contribution in [1.29, 1.82) is 0 Å². The van der Waals surface area contributed by atoms with E-state index in [0.717, 1.165) is 22.2 Å². The number of anilines is 2. The second-order valence-electron chi connectivity index (χ2n) is 3.95. The maximum atomic E-state index is 5.97. The van der Waals surface area contributed by atoms with E-state index in [2.05, 4.69) is 9.97 Å². The van der Waals surface area contributed by atoms with E-state index < -0.39 is 0 Å². The van der Waals surface area contributed by atoms with Crippen molar-refractivity contribution >= 4 is 22.4 Å². The third-order valence-corrected chi connectivity index (χ3v) is 2.85. The number of nitrogen functional groups attached to an aromatic ring is 2. The highest BCUT2D eigenvalue weighted by atomic mass is 14.8. The Labute approximate surface area is 98.3 Å². The normalized spacial score (nSPS) is 10.8. The molecule has 4 heteroatoms. The van der Waals surface area contributed by atoms with E-state index in [-0.39, 0.29) is 0 Å². The lowest BCUT2D eigenvalue weighted by Crippen LogP contribution is -1.96. The molecule has 4 nitrogen and oxygen atoms in total. The van der Waals surface area contributed by atoms with Crippen LogP contribution in [0.4, 0.5) is 11.4 Å². The first kappa shape index (κ1) is 9.72. The molecule has 0 aliphatic carbocycles. The van der Waals surface area contributed by atoms with Crippen molar-refractivity contribution in [3.63, 3.8) is 0 Å². The van der Waals surface area contributed by atoms with Gasteiger partial charge in [0.15, 0.2) is 0 Å². The molecule has 0 fully saturated rings. The van der Waals surface area contributed by atoms with Crippen molar-refractivity contribution in [2.45, 2.75) is 0 Å². The Balaban J connectivity index is 2.23. The van der Waals surface area contributed by atoms with Gasteiger partial charge in [-0.05, 0) is 18.2 Å². The Hall–Kier alpha value is -2.49. The lowest BCUT2D eigenvalue weighted by Gasteiger charge is -2.07. The molecule has 0 saturated carbocycles. The number of hydrogen-bond acceptors (Lipinski definition) is 3. The molecule has 0 radical (unpaired) electrons. The van der Waals surface area contributed by atoms with Gasteiger partial charge in [-0.2, -0.15) is 0 Å². The maximum absolute atomic E-state index is 5.97. The van der Waals surface area contributed by atoms with Crippen molar-refractivity contribution in [2.75, 3.05) is 11.5 Å². The van der Waals surface area contributed by atoms with E-state index in [1.54, 1.807) is 12.3 Å². The molecule has 0 saturated heterocycles. The predicted octanol–water partition coefficient (Wildman–Crippen LogP) is 2.39. The van der Waals surface area contributed by atoms with E-state index in [4.69, 9.17) is 11.5 Å². The summed E-state index contributed by atoms with van der Waals surface area (Å²) in [6.45, 7) is 0. The van der Waals surface area contributed by atoms with Gasteiger partial charge in [-0.25, -0.2) is 4.98 Å². The van der Waals surface area contributed by atoms with Gasteiger partial charge in [0, 0.05) is 28.9 Å². The van der Waals surface area contributed by atoms with Crippen LogP contribution in [-0.4, -0.2) is 9.97 Å². The number of aromatic nitrogens is 2. The van der Waals surface area contributed by atoms with Gasteiger partial charge in [0.2, 0.25) is 0 Å². The number of benzene rings is 1. The van der Waals surface area contributed by atoms with Gasteiger partial charge in [0.25, 0.3) is 0 Å². The Kier molecular flexibility index (Phi) is 2.01. The third-order valence-electron chi connectivity index (χ3n) is 2.85. The summed E-state index contributed by atoms with van der Waals surface area (Å²) < 4.78 is 0. The van der Waals surface area contributed by atoms with Crippen molar-refractivity contribution in [1.82, 2.24) is 9.97 Å². The molecule has 84 valence electrons. The van der Waals surface area contributed by atoms with E-state index in [0.29, 0.717) is 11.4 Å². The van der Waals surface area contributed by atoms with E-state index in [1.807, 2.05) is 30.5 Å². The van der Waals surface area contributed by atoms with Crippen LogP contribution in [0, 0.1) is 0 Å². The number of fused-ring (bicyclic) bond motifs is 1. The fraction of sp³-hybridized carbons (Fsp3) is 0. The molecule has 17 heavy (non-hydrogen) atoms. The van der Waals surface area contributed by atoms with Crippen LogP contribution in [0.3, 0.4) is 0 Å². The topological polar surface area (TPSA) is 80.7 Å². The molecule has 0 spiro atoms. The predicted molar refractivity (Wildman–Crippen MR) is 70.4 cm³/mol. The first-order chi connectivity index (χ1) is 8.25. The van der Waals surface area contributed by atoms with Crippen molar-refractivity contribution in [3.05, 3.63) is 42.7 Å². The standard InChI is InChI=1S/C13H12N4/c14-11-3-1-2-10(12(11)15)9-6-8-4-5-16-13(8)17-7-9/h1-7H,14-15H2,(H,16,17). The number of pyridine rings is 1. The molecule has 3 rings (SSSR count). The number of H-pyrrole nitrogens is 1. The number of nitrogens with two attached hydrogens (primary N) is 2. The van der Waals surface area contributed by atoms with Crippen LogP contribution in [0.1, 0.15) is 0 Å². The minimum atomic E-state index is 0.594. The van der Waals surface area contributed by atoms with Crippen LogP contribution in [0.5, 0.6) is 0 Å². The molecule has 0 aliphatic heterocycles. The zero-order valence-corrected chi connectivity index (χ0v) is 9.14. The molecule has 0 amide bonds. The van der Waals surface area contributed by atoms with E-state index in [1.165, 1.54) is 0 Å². The second-order valence-corrected chi connectivity index (χ2v) is 3.95. The van der Waals surface area contributed by atoms with Crippen molar-refractivity contribution in [2.24, 2.45) is 0 Å². The van der Waals surface area contributed by atoms with Crippen molar-refractivity contribution in [3.8, 4) is 11.1 Å². The van der Waals surface area contributed by atoms with Crippen molar-refractivity contribution < 1.29 is 0 Å².